The minimum atomic E-state index is -0.0209. The van der Waals surface area contributed by atoms with Crippen LogP contribution in [0.15, 0.2) is 73.3 Å². The molecule has 0 unspecified atom stereocenters. The van der Waals surface area contributed by atoms with Gasteiger partial charge in [-0.1, -0.05) is 12.1 Å². The van der Waals surface area contributed by atoms with Gasteiger partial charge in [0.15, 0.2) is 0 Å². The molecule has 1 aromatic carbocycles. The maximum Gasteiger partial charge on any atom is 0.259 e. The molecule has 4 heterocycles. The van der Waals surface area contributed by atoms with E-state index in [-0.39, 0.29) is 11.9 Å². The fourth-order valence-electron chi connectivity index (χ4n) is 4.31. The van der Waals surface area contributed by atoms with E-state index in [9.17, 15) is 4.79 Å². The molecule has 1 saturated heterocycles. The van der Waals surface area contributed by atoms with E-state index in [4.69, 9.17) is 4.98 Å². The fraction of sp³-hybridized carbons (Fsp3) is 0.240. The zero-order valence-corrected chi connectivity index (χ0v) is 17.5. The molecule has 1 N–H and O–H groups in total. The summed E-state index contributed by atoms with van der Waals surface area (Å²) in [6.07, 6.45) is 9.40. The Morgan fingerprint density at radius 2 is 2.00 bits per heavy atom. The minimum Gasteiger partial charge on any atom is -0.349 e. The van der Waals surface area contributed by atoms with Crippen LogP contribution in [0.25, 0.3) is 22.0 Å². The third-order valence-electron chi connectivity index (χ3n) is 5.98. The number of pyridine rings is 2. The van der Waals surface area contributed by atoms with Crippen LogP contribution in [0.2, 0.25) is 0 Å². The van der Waals surface area contributed by atoms with Crippen LogP contribution in [0.5, 0.6) is 0 Å². The lowest BCUT2D eigenvalue weighted by atomic mass is 10.0. The summed E-state index contributed by atoms with van der Waals surface area (Å²) in [6, 6.07) is 15.9. The number of nitrogens with one attached hydrogen (secondary N) is 1. The number of amides is 1. The molecular weight excluding hydrogens is 386 g/mol. The molecule has 3 aromatic heterocycles. The number of aromatic nitrogens is 3. The van der Waals surface area contributed by atoms with Crippen molar-refractivity contribution in [2.45, 2.75) is 18.9 Å². The average molecular weight is 412 g/mol. The highest BCUT2D eigenvalue weighted by Gasteiger charge is 2.29. The van der Waals surface area contributed by atoms with Gasteiger partial charge in [0, 0.05) is 43.1 Å². The van der Waals surface area contributed by atoms with Crippen LogP contribution in [0.4, 0.5) is 5.82 Å². The lowest BCUT2D eigenvalue weighted by Gasteiger charge is -2.34. The van der Waals surface area contributed by atoms with Crippen molar-refractivity contribution in [2.24, 2.45) is 7.05 Å². The first-order valence-corrected chi connectivity index (χ1v) is 10.7. The highest BCUT2D eigenvalue weighted by molar-refractivity contribution is 6.07. The third kappa shape index (κ3) is 3.82. The van der Waals surface area contributed by atoms with Gasteiger partial charge in [-0.2, -0.15) is 0 Å². The van der Waals surface area contributed by atoms with Gasteiger partial charge in [-0.25, -0.2) is 4.98 Å². The number of carbonyl (C=O) groups is 1. The Hall–Kier alpha value is -3.51. The second kappa shape index (κ2) is 8.32. The molecule has 0 radical (unpaired) electrons. The molecule has 1 atom stereocenters. The third-order valence-corrected chi connectivity index (χ3v) is 5.98. The van der Waals surface area contributed by atoms with Gasteiger partial charge < -0.3 is 9.88 Å². The maximum atomic E-state index is 13.8. The Balaban J connectivity index is 1.55. The first-order chi connectivity index (χ1) is 15.2. The number of piperidine rings is 1. The van der Waals surface area contributed by atoms with E-state index in [0.717, 1.165) is 48.0 Å². The molecule has 1 amide bonds. The molecular formula is C25H25N5O. The molecule has 0 bridgehead atoms. The Labute approximate surface area is 181 Å². The van der Waals surface area contributed by atoms with Gasteiger partial charge >= 0.3 is 0 Å². The molecule has 6 heteroatoms. The molecule has 0 spiro atoms. The monoisotopic (exact) mass is 411 g/mol. The van der Waals surface area contributed by atoms with E-state index in [1.807, 2.05) is 71.4 Å². The maximum absolute atomic E-state index is 13.8. The van der Waals surface area contributed by atoms with Crippen LogP contribution < -0.4 is 10.2 Å². The van der Waals surface area contributed by atoms with Gasteiger partial charge in [0.1, 0.15) is 5.82 Å². The Morgan fingerprint density at radius 3 is 2.81 bits per heavy atom. The van der Waals surface area contributed by atoms with E-state index in [1.165, 1.54) is 0 Å². The van der Waals surface area contributed by atoms with Gasteiger partial charge in [0.2, 0.25) is 0 Å². The van der Waals surface area contributed by atoms with Crippen molar-refractivity contribution in [2.75, 3.05) is 18.0 Å². The topological polar surface area (TPSA) is 63.1 Å². The number of anilines is 1. The summed E-state index contributed by atoms with van der Waals surface area (Å²) in [6.45, 7) is 1.76. The number of carbonyl (C=O) groups excluding carboxylic acids is 1. The van der Waals surface area contributed by atoms with Gasteiger partial charge in [0.25, 0.3) is 5.91 Å². The van der Waals surface area contributed by atoms with Gasteiger partial charge in [-0.15, -0.1) is 0 Å². The van der Waals surface area contributed by atoms with Crippen molar-refractivity contribution >= 4 is 22.6 Å². The standard InChI is InChI=1S/C25H25N5O/c1-29-13-9-20-15-24(28-17-23(20)29)30(22-6-3-10-27-16-22)25(31)21-5-2-4-19(14-21)18-7-11-26-12-8-18/h2,4-5,7-9,11-15,17,22,27H,3,6,10,16H2,1H3/t22-/m1/s1. The normalized spacial score (nSPS) is 16.4. The van der Waals surface area contributed by atoms with Crippen LogP contribution in [0.3, 0.4) is 0 Å². The summed E-state index contributed by atoms with van der Waals surface area (Å²) >= 11 is 0. The number of fused-ring (bicyclic) bond motifs is 1. The predicted molar refractivity (Wildman–Crippen MR) is 123 cm³/mol. The molecule has 156 valence electrons. The molecule has 6 nitrogen and oxygen atoms in total. The fourth-order valence-corrected chi connectivity index (χ4v) is 4.31. The van der Waals surface area contributed by atoms with Crippen LogP contribution >= 0.6 is 0 Å². The summed E-state index contributed by atoms with van der Waals surface area (Å²) in [7, 11) is 2.00. The van der Waals surface area contributed by atoms with Crippen molar-refractivity contribution in [3.8, 4) is 11.1 Å². The van der Waals surface area contributed by atoms with E-state index in [0.29, 0.717) is 11.4 Å². The predicted octanol–water partition coefficient (Wildman–Crippen LogP) is 4.03. The zero-order valence-electron chi connectivity index (χ0n) is 17.5. The Bertz CT molecular complexity index is 1210. The van der Waals surface area contributed by atoms with E-state index >= 15 is 0 Å². The second-order valence-electron chi connectivity index (χ2n) is 8.02. The SMILES string of the molecule is Cn1ccc2cc(N(C(=O)c3cccc(-c4ccncc4)c3)[C@@H]3CCCNC3)ncc21. The summed E-state index contributed by atoms with van der Waals surface area (Å²) in [5, 5.41) is 4.52. The quantitative estimate of drug-likeness (QED) is 0.551. The van der Waals surface area contributed by atoms with Gasteiger partial charge in [0.05, 0.1) is 17.8 Å². The summed E-state index contributed by atoms with van der Waals surface area (Å²) in [5.41, 5.74) is 3.76. The molecule has 5 rings (SSSR count). The minimum absolute atomic E-state index is 0.0209. The lowest BCUT2D eigenvalue weighted by Crippen LogP contribution is -2.49. The second-order valence-corrected chi connectivity index (χ2v) is 8.02. The van der Waals surface area contributed by atoms with Crippen molar-refractivity contribution in [1.82, 2.24) is 19.9 Å². The zero-order chi connectivity index (χ0) is 21.2. The smallest absolute Gasteiger partial charge is 0.259 e. The van der Waals surface area contributed by atoms with E-state index in [2.05, 4.69) is 16.4 Å². The Morgan fingerprint density at radius 1 is 1.13 bits per heavy atom. The number of hydrogen-bond acceptors (Lipinski definition) is 4. The number of hydrogen-bond donors (Lipinski definition) is 1. The van der Waals surface area contributed by atoms with Crippen LogP contribution in [-0.4, -0.2) is 39.6 Å². The van der Waals surface area contributed by atoms with Crippen molar-refractivity contribution in [1.29, 1.82) is 0 Å². The summed E-state index contributed by atoms with van der Waals surface area (Å²) < 4.78 is 2.04. The average Bonchev–Trinajstić information content (AvgIpc) is 3.20. The van der Waals surface area contributed by atoms with Crippen molar-refractivity contribution < 1.29 is 4.79 Å². The lowest BCUT2D eigenvalue weighted by molar-refractivity contribution is 0.0971. The highest BCUT2D eigenvalue weighted by atomic mass is 16.2. The molecule has 1 fully saturated rings. The first kappa shape index (κ1) is 19.5. The van der Waals surface area contributed by atoms with Gasteiger partial charge in [-0.3, -0.25) is 14.7 Å². The molecule has 31 heavy (non-hydrogen) atoms. The van der Waals surface area contributed by atoms with Crippen LogP contribution in [0, 0.1) is 0 Å². The number of nitrogens with zero attached hydrogens (tertiary/aromatic N) is 4. The summed E-state index contributed by atoms with van der Waals surface area (Å²) in [4.78, 5) is 24.5. The first-order valence-electron chi connectivity index (χ1n) is 10.7. The largest absolute Gasteiger partial charge is 0.349 e. The van der Waals surface area contributed by atoms with Gasteiger partial charge in [-0.05, 0) is 66.9 Å². The number of benzene rings is 1. The highest BCUT2D eigenvalue weighted by Crippen LogP contribution is 2.27. The number of rotatable bonds is 4. The molecule has 0 saturated carbocycles. The Kier molecular flexibility index (Phi) is 5.22. The van der Waals surface area contributed by atoms with Crippen LogP contribution in [-0.2, 0) is 7.05 Å². The molecule has 1 aliphatic heterocycles. The van der Waals surface area contributed by atoms with Crippen LogP contribution in [0.1, 0.15) is 23.2 Å². The van der Waals surface area contributed by atoms with E-state index < -0.39 is 0 Å². The summed E-state index contributed by atoms with van der Waals surface area (Å²) in [5.74, 6) is 0.680. The van der Waals surface area contributed by atoms with Crippen molar-refractivity contribution in [3.63, 3.8) is 0 Å². The molecule has 0 aliphatic carbocycles. The molecule has 1 aliphatic rings. The molecule has 4 aromatic rings. The van der Waals surface area contributed by atoms with E-state index in [1.54, 1.807) is 12.4 Å². The number of aryl methyl sites for hydroxylation is 1. The van der Waals surface area contributed by atoms with Crippen molar-refractivity contribution in [3.05, 3.63) is 78.9 Å².